The first-order chi connectivity index (χ1) is 8.90. The van der Waals surface area contributed by atoms with E-state index in [-0.39, 0.29) is 5.78 Å². The summed E-state index contributed by atoms with van der Waals surface area (Å²) in [5.41, 5.74) is 1.33. The molecule has 19 heavy (non-hydrogen) atoms. The van der Waals surface area contributed by atoms with Gasteiger partial charge in [0.25, 0.3) is 0 Å². The number of rotatable bonds is 3. The molecule has 1 aromatic heterocycles. The fourth-order valence-electron chi connectivity index (χ4n) is 2.80. The molecule has 1 fully saturated rings. The molecule has 1 aliphatic rings. The van der Waals surface area contributed by atoms with E-state index in [2.05, 4.69) is 18.8 Å². The average molecular weight is 261 g/mol. The summed E-state index contributed by atoms with van der Waals surface area (Å²) in [5, 5.41) is 0. The molecule has 0 radical (unpaired) electrons. The van der Waals surface area contributed by atoms with Gasteiger partial charge < -0.3 is 4.74 Å². The Labute approximate surface area is 115 Å². The van der Waals surface area contributed by atoms with Crippen molar-refractivity contribution in [3.8, 4) is 0 Å². The van der Waals surface area contributed by atoms with Crippen molar-refractivity contribution in [1.29, 1.82) is 0 Å². The summed E-state index contributed by atoms with van der Waals surface area (Å²) in [6.07, 6.45) is 7.01. The lowest BCUT2D eigenvalue weighted by Crippen LogP contribution is -2.46. The van der Waals surface area contributed by atoms with Crippen molar-refractivity contribution in [3.05, 3.63) is 29.6 Å². The van der Waals surface area contributed by atoms with E-state index in [9.17, 15) is 4.79 Å². The predicted octanol–water partition coefficient (Wildman–Crippen LogP) is 3.56. The Bertz CT molecular complexity index is 469. The van der Waals surface area contributed by atoms with E-state index in [1.54, 1.807) is 19.5 Å². The minimum absolute atomic E-state index is 0.0936. The largest absolute Gasteiger partial charge is 0.370 e. The number of aromatic nitrogens is 1. The lowest BCUT2D eigenvalue weighted by atomic mass is 9.68. The molecule has 1 aliphatic carbocycles. The Kier molecular flexibility index (Phi) is 3.77. The van der Waals surface area contributed by atoms with Crippen molar-refractivity contribution in [2.24, 2.45) is 5.41 Å². The van der Waals surface area contributed by atoms with E-state index in [1.165, 1.54) is 0 Å². The molecule has 1 heterocycles. The Balaban J connectivity index is 2.28. The third-order valence-electron chi connectivity index (χ3n) is 4.50. The van der Waals surface area contributed by atoms with Crippen molar-refractivity contribution >= 4 is 5.78 Å². The van der Waals surface area contributed by atoms with Crippen LogP contribution in [0.3, 0.4) is 0 Å². The topological polar surface area (TPSA) is 39.2 Å². The fraction of sp³-hybridized carbons (Fsp3) is 0.625. The van der Waals surface area contributed by atoms with Crippen molar-refractivity contribution in [2.45, 2.75) is 52.1 Å². The standard InChI is InChI=1S/C16H23NO2/c1-12-5-10-17-11-13(12)14(18)16(19-4)8-6-15(2,3)7-9-16/h5,10-11H,6-9H2,1-4H3. The molecule has 104 valence electrons. The minimum Gasteiger partial charge on any atom is -0.370 e. The van der Waals surface area contributed by atoms with Crippen LogP contribution in [-0.2, 0) is 4.74 Å². The molecule has 3 nitrogen and oxygen atoms in total. The number of nitrogens with zero attached hydrogens (tertiary/aromatic N) is 1. The number of carbonyl (C=O) groups excluding carboxylic acids is 1. The Morgan fingerprint density at radius 2 is 1.89 bits per heavy atom. The molecule has 2 rings (SSSR count). The lowest BCUT2D eigenvalue weighted by molar-refractivity contribution is -0.0383. The molecule has 0 atom stereocenters. The number of carbonyl (C=O) groups is 1. The number of methoxy groups -OCH3 is 1. The van der Waals surface area contributed by atoms with Crippen LogP contribution < -0.4 is 0 Å². The molecule has 0 spiro atoms. The Morgan fingerprint density at radius 3 is 2.42 bits per heavy atom. The van der Waals surface area contributed by atoms with Crippen molar-refractivity contribution < 1.29 is 9.53 Å². The Morgan fingerprint density at radius 1 is 1.26 bits per heavy atom. The van der Waals surface area contributed by atoms with Gasteiger partial charge in [0.15, 0.2) is 5.78 Å². The number of hydrogen-bond acceptors (Lipinski definition) is 3. The van der Waals surface area contributed by atoms with E-state index < -0.39 is 5.60 Å². The zero-order valence-corrected chi connectivity index (χ0v) is 12.3. The zero-order chi connectivity index (χ0) is 14.1. The highest BCUT2D eigenvalue weighted by Crippen LogP contribution is 2.43. The van der Waals surface area contributed by atoms with Gasteiger partial charge in [-0.25, -0.2) is 0 Å². The van der Waals surface area contributed by atoms with Gasteiger partial charge in [0.2, 0.25) is 0 Å². The first-order valence-corrected chi connectivity index (χ1v) is 6.91. The summed E-state index contributed by atoms with van der Waals surface area (Å²) in [7, 11) is 1.65. The highest BCUT2D eigenvalue weighted by molar-refractivity contribution is 6.03. The predicted molar refractivity (Wildman–Crippen MR) is 75.3 cm³/mol. The number of Topliss-reactive ketones (excluding diaryl/α,β-unsaturated/α-hetero) is 1. The third-order valence-corrected chi connectivity index (χ3v) is 4.50. The molecule has 3 heteroatoms. The van der Waals surface area contributed by atoms with Crippen LogP contribution in [-0.4, -0.2) is 23.5 Å². The highest BCUT2D eigenvalue weighted by atomic mass is 16.5. The second kappa shape index (κ2) is 5.04. The normalized spacial score (nSPS) is 21.1. The molecule has 1 saturated carbocycles. The van der Waals surface area contributed by atoms with E-state index in [0.717, 1.165) is 31.2 Å². The molecule has 1 aromatic rings. The van der Waals surface area contributed by atoms with Crippen LogP contribution in [0.25, 0.3) is 0 Å². The average Bonchev–Trinajstić information content (AvgIpc) is 2.39. The highest BCUT2D eigenvalue weighted by Gasteiger charge is 2.44. The second-order valence-corrected chi connectivity index (χ2v) is 6.38. The first-order valence-electron chi connectivity index (χ1n) is 6.91. The van der Waals surface area contributed by atoms with Crippen molar-refractivity contribution in [1.82, 2.24) is 4.98 Å². The first kappa shape index (κ1) is 14.2. The Hall–Kier alpha value is -1.22. The number of ether oxygens (including phenoxy) is 1. The van der Waals surface area contributed by atoms with Crippen LogP contribution in [0.15, 0.2) is 18.5 Å². The molecule has 0 aromatic carbocycles. The van der Waals surface area contributed by atoms with Gasteiger partial charge in [-0.05, 0) is 49.7 Å². The van der Waals surface area contributed by atoms with Crippen LogP contribution in [0.4, 0.5) is 0 Å². The van der Waals surface area contributed by atoms with Crippen LogP contribution in [0.1, 0.15) is 55.5 Å². The molecule has 0 N–H and O–H groups in total. The molecule has 0 saturated heterocycles. The number of pyridine rings is 1. The summed E-state index contributed by atoms with van der Waals surface area (Å²) in [4.78, 5) is 16.9. The van der Waals surface area contributed by atoms with Gasteiger partial charge >= 0.3 is 0 Å². The summed E-state index contributed by atoms with van der Waals surface area (Å²) in [5.74, 6) is 0.0936. The minimum atomic E-state index is -0.649. The van der Waals surface area contributed by atoms with E-state index in [1.807, 2.05) is 13.0 Å². The molecular formula is C16H23NO2. The maximum absolute atomic E-state index is 12.8. The summed E-state index contributed by atoms with van der Waals surface area (Å²) in [6, 6.07) is 1.88. The quantitative estimate of drug-likeness (QED) is 0.781. The van der Waals surface area contributed by atoms with Gasteiger partial charge in [0.05, 0.1) is 0 Å². The number of aryl methyl sites for hydroxylation is 1. The summed E-state index contributed by atoms with van der Waals surface area (Å²) in [6.45, 7) is 6.46. The van der Waals surface area contributed by atoms with Crippen molar-refractivity contribution in [3.63, 3.8) is 0 Å². The van der Waals surface area contributed by atoms with Gasteiger partial charge in [0.1, 0.15) is 5.60 Å². The maximum Gasteiger partial charge on any atom is 0.196 e. The molecular weight excluding hydrogens is 238 g/mol. The molecule has 0 amide bonds. The zero-order valence-electron chi connectivity index (χ0n) is 12.3. The van der Waals surface area contributed by atoms with Crippen LogP contribution in [0.5, 0.6) is 0 Å². The van der Waals surface area contributed by atoms with Gasteiger partial charge in [-0.1, -0.05) is 13.8 Å². The smallest absolute Gasteiger partial charge is 0.196 e. The maximum atomic E-state index is 12.8. The van der Waals surface area contributed by atoms with E-state index >= 15 is 0 Å². The van der Waals surface area contributed by atoms with Gasteiger partial charge in [-0.15, -0.1) is 0 Å². The third kappa shape index (κ3) is 2.71. The van der Waals surface area contributed by atoms with Crippen LogP contribution in [0.2, 0.25) is 0 Å². The monoisotopic (exact) mass is 261 g/mol. The van der Waals surface area contributed by atoms with Gasteiger partial charge in [-0.3, -0.25) is 9.78 Å². The van der Waals surface area contributed by atoms with Gasteiger partial charge in [-0.2, -0.15) is 0 Å². The van der Waals surface area contributed by atoms with Crippen LogP contribution in [0, 0.1) is 12.3 Å². The molecule has 0 bridgehead atoms. The second-order valence-electron chi connectivity index (χ2n) is 6.38. The lowest BCUT2D eigenvalue weighted by Gasteiger charge is -2.41. The number of ketones is 1. The van der Waals surface area contributed by atoms with Crippen molar-refractivity contribution in [2.75, 3.05) is 7.11 Å². The van der Waals surface area contributed by atoms with E-state index in [4.69, 9.17) is 4.74 Å². The number of hydrogen-bond donors (Lipinski definition) is 0. The van der Waals surface area contributed by atoms with Gasteiger partial charge in [0, 0.05) is 25.1 Å². The summed E-state index contributed by atoms with van der Waals surface area (Å²) >= 11 is 0. The molecule has 0 unspecified atom stereocenters. The SMILES string of the molecule is COC1(C(=O)c2cnccc2C)CCC(C)(C)CC1. The molecule has 0 aliphatic heterocycles. The van der Waals surface area contributed by atoms with Crippen LogP contribution >= 0.6 is 0 Å². The fourth-order valence-corrected chi connectivity index (χ4v) is 2.80. The summed E-state index contributed by atoms with van der Waals surface area (Å²) < 4.78 is 5.67. The van der Waals surface area contributed by atoms with E-state index in [0.29, 0.717) is 11.0 Å².